The van der Waals surface area contributed by atoms with Gasteiger partial charge in [-0.2, -0.15) is 0 Å². The van der Waals surface area contributed by atoms with Crippen LogP contribution in [0.4, 0.5) is 0 Å². The van der Waals surface area contributed by atoms with E-state index in [9.17, 15) is 9.59 Å². The molecule has 0 atom stereocenters. The van der Waals surface area contributed by atoms with Crippen molar-refractivity contribution in [2.45, 2.75) is 71.4 Å². The molecule has 0 bridgehead atoms. The van der Waals surface area contributed by atoms with Crippen LogP contribution in [0.25, 0.3) is 0 Å². The van der Waals surface area contributed by atoms with Crippen LogP contribution in [0.5, 0.6) is 0 Å². The molecule has 7 heteroatoms. The molecule has 2 amide bonds. The predicted octanol–water partition coefficient (Wildman–Crippen LogP) is 6.34. The van der Waals surface area contributed by atoms with Crippen LogP contribution in [-0.2, 0) is 9.59 Å². The van der Waals surface area contributed by atoms with Crippen LogP contribution in [0.2, 0.25) is 10.0 Å². The molecule has 0 radical (unpaired) electrons. The lowest BCUT2D eigenvalue weighted by Crippen LogP contribution is -2.50. The molecule has 1 aromatic rings. The Kier molecular flexibility index (Phi) is 8.07. The van der Waals surface area contributed by atoms with Crippen molar-refractivity contribution in [1.82, 2.24) is 10.2 Å². The van der Waals surface area contributed by atoms with Crippen molar-refractivity contribution in [2.75, 3.05) is 13.1 Å². The molecular weight excluding hydrogens is 481 g/mol. The first-order valence-electron chi connectivity index (χ1n) is 12.8. The summed E-state index contributed by atoms with van der Waals surface area (Å²) in [4.78, 5) is 33.2. The summed E-state index contributed by atoms with van der Waals surface area (Å²) in [6.45, 7) is 7.79. The Morgan fingerprint density at radius 2 is 1.83 bits per heavy atom. The fraction of sp³-hybridized carbons (Fsp3) is 0.536. The van der Waals surface area contributed by atoms with Crippen LogP contribution in [0.1, 0.15) is 71.3 Å². The molecule has 188 valence electrons. The third-order valence-electron chi connectivity index (χ3n) is 7.60. The van der Waals surface area contributed by atoms with E-state index in [1.54, 1.807) is 18.2 Å². The fourth-order valence-electron chi connectivity index (χ4n) is 5.44. The maximum Gasteiger partial charge on any atom is 0.274 e. The third kappa shape index (κ3) is 5.67. The van der Waals surface area contributed by atoms with Gasteiger partial charge in [0.1, 0.15) is 11.4 Å². The van der Waals surface area contributed by atoms with Crippen molar-refractivity contribution in [2.24, 2.45) is 16.8 Å². The highest BCUT2D eigenvalue weighted by Crippen LogP contribution is 2.44. The second kappa shape index (κ2) is 10.9. The lowest BCUT2D eigenvalue weighted by atomic mass is 9.76. The van der Waals surface area contributed by atoms with E-state index < -0.39 is 5.66 Å². The number of hydrogen-bond donors (Lipinski definition) is 1. The molecule has 1 spiro atoms. The van der Waals surface area contributed by atoms with Gasteiger partial charge in [-0.25, -0.2) is 0 Å². The summed E-state index contributed by atoms with van der Waals surface area (Å²) < 4.78 is 0. The van der Waals surface area contributed by atoms with Gasteiger partial charge in [0.2, 0.25) is 5.91 Å². The number of nitrogens with one attached hydrogen (secondary N) is 1. The Bertz CT molecular complexity index is 1060. The zero-order chi connectivity index (χ0) is 25.2. The van der Waals surface area contributed by atoms with E-state index in [4.69, 9.17) is 28.2 Å². The summed E-state index contributed by atoms with van der Waals surface area (Å²) in [5.74, 6) is 1.21. The number of nitrogens with zero attached hydrogens (tertiary/aromatic N) is 2. The topological polar surface area (TPSA) is 61.8 Å². The molecule has 2 aliphatic carbocycles. The molecule has 1 aliphatic heterocycles. The Morgan fingerprint density at radius 1 is 1.14 bits per heavy atom. The predicted molar refractivity (Wildman–Crippen MR) is 143 cm³/mol. The molecule has 1 aromatic carbocycles. The molecular formula is C28H35Cl2N3O2. The van der Waals surface area contributed by atoms with Crippen molar-refractivity contribution < 1.29 is 9.59 Å². The zero-order valence-electron chi connectivity index (χ0n) is 20.9. The van der Waals surface area contributed by atoms with E-state index in [0.29, 0.717) is 52.7 Å². The maximum absolute atomic E-state index is 13.8. The number of rotatable bonds is 7. The number of aliphatic imine (C=N–C) groups is 1. The van der Waals surface area contributed by atoms with Gasteiger partial charge in [0, 0.05) is 34.3 Å². The normalized spacial score (nSPS) is 24.5. The van der Waals surface area contributed by atoms with Crippen molar-refractivity contribution in [3.8, 4) is 0 Å². The fourth-order valence-corrected chi connectivity index (χ4v) is 5.96. The lowest BCUT2D eigenvalue weighted by molar-refractivity contribution is -0.128. The van der Waals surface area contributed by atoms with Crippen molar-refractivity contribution in [3.05, 3.63) is 57.1 Å². The Balaban J connectivity index is 1.60. The highest BCUT2D eigenvalue weighted by atomic mass is 35.5. The summed E-state index contributed by atoms with van der Waals surface area (Å²) in [6, 6.07) is 5.21. The average Bonchev–Trinajstić information content (AvgIpc) is 3.09. The van der Waals surface area contributed by atoms with Gasteiger partial charge in [-0.3, -0.25) is 14.6 Å². The standard InChI is InChI=1S/C28H35Cl2N3O2/c1-4-13-31-26(34)21-7-5-19(6-8-21)17-33-27(35)25(22-14-23(29)16-24(30)15-22)32-28(33)11-9-20(10-12-28)18(2)3/h5,7,14-16,18,20H,4,6,8-13,17H2,1-3H3,(H,31,34). The van der Waals surface area contributed by atoms with Crippen molar-refractivity contribution >= 4 is 40.7 Å². The van der Waals surface area contributed by atoms with Gasteiger partial charge >= 0.3 is 0 Å². The number of halogens is 2. The van der Waals surface area contributed by atoms with E-state index in [0.717, 1.165) is 49.7 Å². The lowest BCUT2D eigenvalue weighted by Gasteiger charge is -2.43. The van der Waals surface area contributed by atoms with Gasteiger partial charge in [0.15, 0.2) is 0 Å². The van der Waals surface area contributed by atoms with Gasteiger partial charge in [-0.15, -0.1) is 0 Å². The Hall–Kier alpha value is -2.11. The van der Waals surface area contributed by atoms with E-state index >= 15 is 0 Å². The number of carbonyl (C=O) groups excluding carboxylic acids is 2. The quantitative estimate of drug-likeness (QED) is 0.460. The molecule has 4 rings (SSSR count). The molecule has 3 aliphatic rings. The number of amides is 2. The van der Waals surface area contributed by atoms with Crippen LogP contribution < -0.4 is 5.32 Å². The number of allylic oxidation sites excluding steroid dienone is 2. The van der Waals surface area contributed by atoms with Crippen LogP contribution >= 0.6 is 23.2 Å². The van der Waals surface area contributed by atoms with Gasteiger partial charge < -0.3 is 10.2 Å². The highest BCUT2D eigenvalue weighted by molar-refractivity contribution is 6.47. The minimum Gasteiger partial charge on any atom is -0.352 e. The minimum absolute atomic E-state index is 0.00586. The molecule has 1 N–H and O–H groups in total. The first-order chi connectivity index (χ1) is 16.7. The monoisotopic (exact) mass is 515 g/mol. The van der Waals surface area contributed by atoms with E-state index in [1.807, 2.05) is 24.0 Å². The SMILES string of the molecule is CCCNC(=O)C1=CC=C(CN2C(=O)C(c3cc(Cl)cc(Cl)c3)=NC23CCC(C(C)C)CC3)CC1. The van der Waals surface area contributed by atoms with Crippen molar-refractivity contribution in [3.63, 3.8) is 0 Å². The molecule has 1 heterocycles. The first-order valence-corrected chi connectivity index (χ1v) is 13.5. The molecule has 0 aromatic heterocycles. The largest absolute Gasteiger partial charge is 0.352 e. The molecule has 1 saturated carbocycles. The van der Waals surface area contributed by atoms with Crippen molar-refractivity contribution in [1.29, 1.82) is 0 Å². The maximum atomic E-state index is 13.8. The smallest absolute Gasteiger partial charge is 0.274 e. The molecule has 0 saturated heterocycles. The highest BCUT2D eigenvalue weighted by Gasteiger charge is 2.49. The Morgan fingerprint density at radius 3 is 2.40 bits per heavy atom. The number of benzene rings is 1. The van der Waals surface area contributed by atoms with E-state index in [-0.39, 0.29) is 11.8 Å². The summed E-state index contributed by atoms with van der Waals surface area (Å²) in [5, 5.41) is 3.94. The number of carbonyl (C=O) groups is 2. The van der Waals surface area contributed by atoms with E-state index in [1.165, 1.54) is 0 Å². The van der Waals surface area contributed by atoms with Gasteiger partial charge in [-0.05, 0) is 75.0 Å². The van der Waals surface area contributed by atoms with Crippen LogP contribution in [0.3, 0.4) is 0 Å². The summed E-state index contributed by atoms with van der Waals surface area (Å²) >= 11 is 12.5. The Labute approximate surface area is 218 Å². The van der Waals surface area contributed by atoms with E-state index in [2.05, 4.69) is 19.2 Å². The molecule has 1 fully saturated rings. The van der Waals surface area contributed by atoms with Crippen LogP contribution in [0, 0.1) is 11.8 Å². The molecule has 35 heavy (non-hydrogen) atoms. The third-order valence-corrected chi connectivity index (χ3v) is 8.04. The number of hydrogen-bond acceptors (Lipinski definition) is 3. The first kappa shape index (κ1) is 26.0. The molecule has 0 unspecified atom stereocenters. The molecule has 5 nitrogen and oxygen atoms in total. The summed E-state index contributed by atoms with van der Waals surface area (Å²) in [5.41, 5.74) is 2.54. The summed E-state index contributed by atoms with van der Waals surface area (Å²) in [6.07, 6.45) is 10.1. The second-order valence-electron chi connectivity index (χ2n) is 10.3. The van der Waals surface area contributed by atoms with Crippen LogP contribution in [-0.4, -0.2) is 41.2 Å². The van der Waals surface area contributed by atoms with Gasteiger partial charge in [0.25, 0.3) is 5.91 Å². The second-order valence-corrected chi connectivity index (χ2v) is 11.2. The average molecular weight is 517 g/mol. The van der Waals surface area contributed by atoms with Gasteiger partial charge in [0.05, 0.1) is 0 Å². The summed E-state index contributed by atoms with van der Waals surface area (Å²) in [7, 11) is 0. The zero-order valence-corrected chi connectivity index (χ0v) is 22.4. The minimum atomic E-state index is -0.532. The van der Waals surface area contributed by atoms with Crippen LogP contribution in [0.15, 0.2) is 46.5 Å². The van der Waals surface area contributed by atoms with Gasteiger partial charge in [-0.1, -0.05) is 61.7 Å².